The molecule has 1 aromatic heterocycles. The van der Waals surface area contributed by atoms with Crippen LogP contribution in [0.15, 0.2) is 187 Å². The molecule has 244 valence electrons. The van der Waals surface area contributed by atoms with Gasteiger partial charge in [-0.05, 0) is 76.2 Å². The molecule has 0 N–H and O–H groups in total. The predicted molar refractivity (Wildman–Crippen MR) is 215 cm³/mol. The first kappa shape index (κ1) is 29.8. The molecule has 0 aliphatic heterocycles. The van der Waals surface area contributed by atoms with Gasteiger partial charge in [0.15, 0.2) is 0 Å². The molecule has 51 heavy (non-hydrogen) atoms. The second kappa shape index (κ2) is 11.5. The number of allylic oxidation sites excluding steroid dienone is 7. The van der Waals surface area contributed by atoms with Gasteiger partial charge in [-0.1, -0.05) is 153 Å². The number of benzene rings is 6. The lowest BCUT2D eigenvalue weighted by Gasteiger charge is -2.33. The minimum Gasteiger partial charge on any atom is -0.308 e. The van der Waals surface area contributed by atoms with E-state index in [4.69, 9.17) is 0 Å². The molecule has 6 aromatic carbocycles. The van der Waals surface area contributed by atoms with Crippen molar-refractivity contribution >= 4 is 33.2 Å². The quantitative estimate of drug-likeness (QED) is 0.179. The molecule has 2 heteroatoms. The SMILES string of the molecule is CC1(C)c2ccccc2-c2c(-c3ccccc3N(C3=CCC4C=CC=CC4=C3)c3cccc4c5ccccc5n(-c5ccccc5)c34)cccc21. The van der Waals surface area contributed by atoms with Gasteiger partial charge in [0, 0.05) is 39.1 Å². The molecule has 10 rings (SSSR count). The summed E-state index contributed by atoms with van der Waals surface area (Å²) in [6, 6.07) is 51.4. The molecule has 0 spiro atoms. The minimum absolute atomic E-state index is 0.0784. The van der Waals surface area contributed by atoms with E-state index in [1.54, 1.807) is 0 Å². The molecule has 0 saturated heterocycles. The molecular weight excluding hydrogens is 617 g/mol. The Bertz CT molecular complexity index is 2640. The molecule has 1 heterocycles. The van der Waals surface area contributed by atoms with Crippen LogP contribution in [0.2, 0.25) is 0 Å². The highest BCUT2D eigenvalue weighted by Gasteiger charge is 2.37. The topological polar surface area (TPSA) is 8.17 Å². The van der Waals surface area contributed by atoms with Crippen molar-refractivity contribution in [3.05, 3.63) is 198 Å². The van der Waals surface area contributed by atoms with Crippen molar-refractivity contribution in [2.45, 2.75) is 25.7 Å². The lowest BCUT2D eigenvalue weighted by molar-refractivity contribution is 0.660. The van der Waals surface area contributed by atoms with Crippen LogP contribution in [0.5, 0.6) is 0 Å². The van der Waals surface area contributed by atoms with Crippen molar-refractivity contribution in [1.29, 1.82) is 0 Å². The highest BCUT2D eigenvalue weighted by Crippen LogP contribution is 2.54. The predicted octanol–water partition coefficient (Wildman–Crippen LogP) is 12.9. The average Bonchev–Trinajstić information content (AvgIpc) is 3.65. The molecule has 0 saturated carbocycles. The summed E-state index contributed by atoms with van der Waals surface area (Å²) in [4.78, 5) is 2.54. The van der Waals surface area contributed by atoms with Gasteiger partial charge in [-0.25, -0.2) is 0 Å². The third-order valence-electron chi connectivity index (χ3n) is 11.3. The standard InChI is InChI=1S/C49H38N2/c1-49(2)42-25-11-8-22-41(42)47-39(23-14-26-43(47)49)37-20-9-12-27-44(37)50(36-31-30-33-16-6-7-17-34(33)32-36)46-29-15-24-40-38-21-10-13-28-45(38)51(48(40)46)35-18-4-3-5-19-35/h3-29,31-33H,30H2,1-2H3. The van der Waals surface area contributed by atoms with Crippen molar-refractivity contribution in [3.8, 4) is 27.9 Å². The fraction of sp³-hybridized carbons (Fsp3) is 0.102. The second-order valence-corrected chi connectivity index (χ2v) is 14.5. The highest BCUT2D eigenvalue weighted by atomic mass is 15.2. The zero-order valence-electron chi connectivity index (χ0n) is 28.9. The van der Waals surface area contributed by atoms with Gasteiger partial charge in [-0.2, -0.15) is 0 Å². The Morgan fingerprint density at radius 3 is 2.20 bits per heavy atom. The second-order valence-electron chi connectivity index (χ2n) is 14.5. The van der Waals surface area contributed by atoms with Crippen molar-refractivity contribution in [2.75, 3.05) is 4.90 Å². The van der Waals surface area contributed by atoms with Gasteiger partial charge in [-0.3, -0.25) is 0 Å². The maximum Gasteiger partial charge on any atom is 0.0782 e. The van der Waals surface area contributed by atoms with Crippen LogP contribution >= 0.6 is 0 Å². The summed E-state index contributed by atoms with van der Waals surface area (Å²) in [5.41, 5.74) is 16.3. The first-order valence-electron chi connectivity index (χ1n) is 18.1. The number of hydrogen-bond acceptors (Lipinski definition) is 1. The number of fused-ring (bicyclic) bond motifs is 7. The Balaban J connectivity index is 1.29. The van der Waals surface area contributed by atoms with Gasteiger partial charge in [0.2, 0.25) is 0 Å². The summed E-state index contributed by atoms with van der Waals surface area (Å²) in [7, 11) is 0. The Morgan fingerprint density at radius 2 is 1.29 bits per heavy atom. The Labute approximate surface area is 299 Å². The van der Waals surface area contributed by atoms with Crippen LogP contribution in [0, 0.1) is 5.92 Å². The molecule has 1 unspecified atom stereocenters. The summed E-state index contributed by atoms with van der Waals surface area (Å²) >= 11 is 0. The van der Waals surface area contributed by atoms with Crippen molar-refractivity contribution < 1.29 is 0 Å². The minimum atomic E-state index is -0.0784. The van der Waals surface area contributed by atoms with Crippen LogP contribution in [0.3, 0.4) is 0 Å². The summed E-state index contributed by atoms with van der Waals surface area (Å²) < 4.78 is 2.46. The zero-order chi connectivity index (χ0) is 34.1. The maximum absolute atomic E-state index is 2.54. The van der Waals surface area contributed by atoms with E-state index < -0.39 is 0 Å². The summed E-state index contributed by atoms with van der Waals surface area (Å²) in [5, 5.41) is 2.50. The molecule has 1 atom stereocenters. The molecule has 0 amide bonds. The third kappa shape index (κ3) is 4.49. The fourth-order valence-corrected chi connectivity index (χ4v) is 8.91. The number of nitrogens with zero attached hydrogens (tertiary/aromatic N) is 2. The lowest BCUT2D eigenvalue weighted by atomic mass is 9.82. The van der Waals surface area contributed by atoms with E-state index in [-0.39, 0.29) is 5.41 Å². The maximum atomic E-state index is 2.54. The molecule has 3 aliphatic carbocycles. The molecule has 3 aliphatic rings. The molecular formula is C49H38N2. The smallest absolute Gasteiger partial charge is 0.0782 e. The van der Waals surface area contributed by atoms with Gasteiger partial charge in [0.25, 0.3) is 0 Å². The average molecular weight is 655 g/mol. The first-order valence-corrected chi connectivity index (χ1v) is 18.1. The van der Waals surface area contributed by atoms with E-state index in [2.05, 4.69) is 199 Å². The van der Waals surface area contributed by atoms with Gasteiger partial charge >= 0.3 is 0 Å². The van der Waals surface area contributed by atoms with Crippen LogP contribution in [-0.2, 0) is 5.41 Å². The molecule has 0 radical (unpaired) electrons. The summed E-state index contributed by atoms with van der Waals surface area (Å²) in [6.07, 6.45) is 14.8. The normalized spacial score (nSPS) is 16.8. The number of hydrogen-bond donors (Lipinski definition) is 0. The van der Waals surface area contributed by atoms with Crippen LogP contribution in [-0.4, -0.2) is 4.57 Å². The summed E-state index contributed by atoms with van der Waals surface area (Å²) in [6.45, 7) is 4.73. The summed E-state index contributed by atoms with van der Waals surface area (Å²) in [5.74, 6) is 0.401. The number of rotatable bonds is 5. The van der Waals surface area contributed by atoms with Crippen molar-refractivity contribution in [1.82, 2.24) is 4.57 Å². The highest BCUT2D eigenvalue weighted by molar-refractivity contribution is 6.14. The molecule has 7 aromatic rings. The molecule has 2 nitrogen and oxygen atoms in total. The number of aromatic nitrogens is 1. The van der Waals surface area contributed by atoms with Crippen LogP contribution < -0.4 is 4.90 Å². The van der Waals surface area contributed by atoms with Gasteiger partial charge in [0.1, 0.15) is 0 Å². The van der Waals surface area contributed by atoms with Gasteiger partial charge in [0.05, 0.1) is 22.4 Å². The van der Waals surface area contributed by atoms with Crippen LogP contribution in [0.4, 0.5) is 11.4 Å². The van der Waals surface area contributed by atoms with E-state index in [0.717, 1.165) is 17.8 Å². The third-order valence-corrected chi connectivity index (χ3v) is 11.3. The van der Waals surface area contributed by atoms with Crippen LogP contribution in [0.25, 0.3) is 49.7 Å². The molecule has 0 bridgehead atoms. The van der Waals surface area contributed by atoms with E-state index >= 15 is 0 Å². The van der Waals surface area contributed by atoms with Crippen molar-refractivity contribution in [2.24, 2.45) is 5.92 Å². The Morgan fingerprint density at radius 1 is 0.608 bits per heavy atom. The molecule has 0 fully saturated rings. The van der Waals surface area contributed by atoms with Gasteiger partial charge < -0.3 is 9.47 Å². The monoisotopic (exact) mass is 654 g/mol. The van der Waals surface area contributed by atoms with E-state index in [1.165, 1.54) is 72.1 Å². The number of anilines is 2. The van der Waals surface area contributed by atoms with Gasteiger partial charge in [-0.15, -0.1) is 0 Å². The van der Waals surface area contributed by atoms with E-state index in [0.29, 0.717) is 5.92 Å². The lowest BCUT2D eigenvalue weighted by Crippen LogP contribution is -2.20. The zero-order valence-corrected chi connectivity index (χ0v) is 28.9. The number of para-hydroxylation sites is 4. The largest absolute Gasteiger partial charge is 0.308 e. The first-order chi connectivity index (χ1) is 25.1. The Hall–Kier alpha value is -6.12. The van der Waals surface area contributed by atoms with Crippen LogP contribution in [0.1, 0.15) is 31.4 Å². The van der Waals surface area contributed by atoms with Crippen molar-refractivity contribution in [3.63, 3.8) is 0 Å². The van der Waals surface area contributed by atoms with E-state index in [9.17, 15) is 0 Å². The Kier molecular flexibility index (Phi) is 6.69. The van der Waals surface area contributed by atoms with E-state index in [1.807, 2.05) is 0 Å². The fourth-order valence-electron chi connectivity index (χ4n) is 8.91.